The number of benzene rings is 2. The van der Waals surface area contributed by atoms with Gasteiger partial charge in [0.25, 0.3) is 0 Å². The van der Waals surface area contributed by atoms with Gasteiger partial charge in [-0.2, -0.15) is 0 Å². The Morgan fingerprint density at radius 1 is 1.04 bits per heavy atom. The fraction of sp³-hybridized carbons (Fsp3) is 0.150. The maximum Gasteiger partial charge on any atom is 0.123 e. The van der Waals surface area contributed by atoms with Gasteiger partial charge in [-0.15, -0.1) is 0 Å². The molecule has 0 bridgehead atoms. The second-order valence-corrected chi connectivity index (χ2v) is 5.68. The number of hydrogen-bond acceptors (Lipinski definition) is 2. The maximum absolute atomic E-state index is 13.4. The molecule has 2 nitrogen and oxygen atoms in total. The zero-order chi connectivity index (χ0) is 16.2. The summed E-state index contributed by atoms with van der Waals surface area (Å²) < 4.78 is 13.4. The molecule has 0 aliphatic rings. The van der Waals surface area contributed by atoms with Crippen molar-refractivity contribution in [3.8, 4) is 23.0 Å². The van der Waals surface area contributed by atoms with Crippen molar-refractivity contribution >= 4 is 10.9 Å². The van der Waals surface area contributed by atoms with E-state index in [0.29, 0.717) is 0 Å². The Balaban J connectivity index is 1.94. The summed E-state index contributed by atoms with van der Waals surface area (Å²) in [6.45, 7) is 0.726. The van der Waals surface area contributed by atoms with E-state index in [2.05, 4.69) is 16.8 Å². The molecule has 3 rings (SSSR count). The van der Waals surface area contributed by atoms with Gasteiger partial charge >= 0.3 is 0 Å². The standard InChI is InChI=1S/C20H17FN2/c1-23(2)10-4-5-15-8-9-17-12-18(14-22-20(17)11-15)16-6-3-7-19(21)13-16/h3,6-9,11-14H,10H2,1-2H3. The number of hydrogen-bond donors (Lipinski definition) is 0. The van der Waals surface area contributed by atoms with Gasteiger partial charge in [-0.05, 0) is 50.0 Å². The van der Waals surface area contributed by atoms with Crippen molar-refractivity contribution in [1.29, 1.82) is 0 Å². The van der Waals surface area contributed by atoms with Gasteiger partial charge < -0.3 is 0 Å². The quantitative estimate of drug-likeness (QED) is 0.666. The highest BCUT2D eigenvalue weighted by Crippen LogP contribution is 2.23. The van der Waals surface area contributed by atoms with E-state index >= 15 is 0 Å². The van der Waals surface area contributed by atoms with Crippen LogP contribution in [0.2, 0.25) is 0 Å². The Labute approximate surface area is 135 Å². The first kappa shape index (κ1) is 15.2. The minimum Gasteiger partial charge on any atom is -0.299 e. The minimum absolute atomic E-state index is 0.242. The molecule has 1 aromatic heterocycles. The van der Waals surface area contributed by atoms with Crippen LogP contribution in [0.25, 0.3) is 22.0 Å². The van der Waals surface area contributed by atoms with E-state index < -0.39 is 0 Å². The third-order valence-electron chi connectivity index (χ3n) is 3.47. The molecular weight excluding hydrogens is 287 g/mol. The number of aromatic nitrogens is 1. The van der Waals surface area contributed by atoms with Gasteiger partial charge in [0.05, 0.1) is 12.1 Å². The smallest absolute Gasteiger partial charge is 0.123 e. The normalized spacial score (nSPS) is 10.6. The summed E-state index contributed by atoms with van der Waals surface area (Å²) in [7, 11) is 3.98. The van der Waals surface area contributed by atoms with Crippen LogP contribution < -0.4 is 0 Å². The molecule has 0 saturated carbocycles. The summed E-state index contributed by atoms with van der Waals surface area (Å²) in [5, 5.41) is 1.02. The Morgan fingerprint density at radius 3 is 2.70 bits per heavy atom. The van der Waals surface area contributed by atoms with E-state index in [1.807, 2.05) is 49.3 Å². The van der Waals surface area contributed by atoms with Crippen LogP contribution in [0.3, 0.4) is 0 Å². The molecule has 0 aliphatic heterocycles. The highest BCUT2D eigenvalue weighted by Gasteiger charge is 2.03. The van der Waals surface area contributed by atoms with Gasteiger partial charge in [0.1, 0.15) is 5.82 Å². The predicted molar refractivity (Wildman–Crippen MR) is 92.6 cm³/mol. The van der Waals surface area contributed by atoms with E-state index in [4.69, 9.17) is 0 Å². The summed E-state index contributed by atoms with van der Waals surface area (Å²) in [5.74, 6) is 6.01. The first-order valence-corrected chi connectivity index (χ1v) is 7.41. The van der Waals surface area contributed by atoms with Gasteiger partial charge in [0.15, 0.2) is 0 Å². The molecule has 3 aromatic rings. The fourth-order valence-corrected chi connectivity index (χ4v) is 2.32. The predicted octanol–water partition coefficient (Wildman–Crippen LogP) is 3.95. The lowest BCUT2D eigenvalue weighted by molar-refractivity contribution is 0.464. The van der Waals surface area contributed by atoms with Crippen LogP contribution in [0.4, 0.5) is 4.39 Å². The highest BCUT2D eigenvalue weighted by atomic mass is 19.1. The fourth-order valence-electron chi connectivity index (χ4n) is 2.32. The van der Waals surface area contributed by atoms with Crippen LogP contribution >= 0.6 is 0 Å². The van der Waals surface area contributed by atoms with Crippen molar-refractivity contribution < 1.29 is 4.39 Å². The summed E-state index contributed by atoms with van der Waals surface area (Å²) in [5.41, 5.74) is 3.57. The van der Waals surface area contributed by atoms with Gasteiger partial charge in [-0.25, -0.2) is 4.39 Å². The molecule has 0 fully saturated rings. The zero-order valence-electron chi connectivity index (χ0n) is 13.2. The molecular formula is C20H17FN2. The van der Waals surface area contributed by atoms with Crippen molar-refractivity contribution in [2.45, 2.75) is 0 Å². The first-order valence-electron chi connectivity index (χ1n) is 7.41. The van der Waals surface area contributed by atoms with Crippen LogP contribution in [0.15, 0.2) is 54.7 Å². The second kappa shape index (κ2) is 6.60. The molecule has 0 N–H and O–H groups in total. The van der Waals surface area contributed by atoms with Crippen LogP contribution in [0.5, 0.6) is 0 Å². The molecule has 0 radical (unpaired) electrons. The molecule has 0 saturated heterocycles. The van der Waals surface area contributed by atoms with Gasteiger partial charge in [0.2, 0.25) is 0 Å². The Hall–Kier alpha value is -2.70. The van der Waals surface area contributed by atoms with Crippen LogP contribution in [-0.2, 0) is 0 Å². The number of nitrogens with zero attached hydrogens (tertiary/aromatic N) is 2. The summed E-state index contributed by atoms with van der Waals surface area (Å²) in [4.78, 5) is 6.52. The largest absolute Gasteiger partial charge is 0.299 e. The number of rotatable bonds is 2. The van der Waals surface area contributed by atoms with Crippen molar-refractivity contribution in [1.82, 2.24) is 9.88 Å². The van der Waals surface area contributed by atoms with Crippen LogP contribution in [0, 0.1) is 17.7 Å². The third kappa shape index (κ3) is 3.74. The van der Waals surface area contributed by atoms with Crippen LogP contribution in [-0.4, -0.2) is 30.5 Å². The summed E-state index contributed by atoms with van der Waals surface area (Å²) in [6, 6.07) is 14.5. The minimum atomic E-state index is -0.242. The molecule has 0 aliphatic carbocycles. The molecule has 0 atom stereocenters. The lowest BCUT2D eigenvalue weighted by Crippen LogP contribution is -2.10. The van der Waals surface area contributed by atoms with Crippen molar-refractivity contribution in [2.24, 2.45) is 0 Å². The van der Waals surface area contributed by atoms with E-state index in [1.54, 1.807) is 12.3 Å². The van der Waals surface area contributed by atoms with E-state index in [9.17, 15) is 4.39 Å². The molecule has 0 spiro atoms. The van der Waals surface area contributed by atoms with E-state index in [0.717, 1.165) is 34.1 Å². The molecule has 1 heterocycles. The summed E-state index contributed by atoms with van der Waals surface area (Å²) >= 11 is 0. The van der Waals surface area contributed by atoms with Gasteiger partial charge in [-0.3, -0.25) is 9.88 Å². The topological polar surface area (TPSA) is 16.1 Å². The first-order chi connectivity index (χ1) is 11.1. The number of fused-ring (bicyclic) bond motifs is 1. The number of halogens is 1. The summed E-state index contributed by atoms with van der Waals surface area (Å²) in [6.07, 6.45) is 1.77. The van der Waals surface area contributed by atoms with Crippen LogP contribution in [0.1, 0.15) is 5.56 Å². The highest BCUT2D eigenvalue weighted by molar-refractivity contribution is 5.84. The lowest BCUT2D eigenvalue weighted by Gasteiger charge is -2.04. The molecule has 2 aromatic carbocycles. The number of pyridine rings is 1. The lowest BCUT2D eigenvalue weighted by atomic mass is 10.0. The van der Waals surface area contributed by atoms with Crippen molar-refractivity contribution in [2.75, 3.05) is 20.6 Å². The van der Waals surface area contributed by atoms with E-state index in [-0.39, 0.29) is 5.82 Å². The molecule has 0 amide bonds. The monoisotopic (exact) mass is 304 g/mol. The van der Waals surface area contributed by atoms with Gasteiger partial charge in [-0.1, -0.05) is 30.0 Å². The Kier molecular flexibility index (Phi) is 4.36. The average Bonchev–Trinajstić information content (AvgIpc) is 2.54. The maximum atomic E-state index is 13.4. The van der Waals surface area contributed by atoms with Crippen molar-refractivity contribution in [3.63, 3.8) is 0 Å². The zero-order valence-corrected chi connectivity index (χ0v) is 13.2. The average molecular weight is 304 g/mol. The Morgan fingerprint density at radius 2 is 1.91 bits per heavy atom. The van der Waals surface area contributed by atoms with Crippen molar-refractivity contribution in [3.05, 3.63) is 66.1 Å². The van der Waals surface area contributed by atoms with E-state index in [1.165, 1.54) is 12.1 Å². The van der Waals surface area contributed by atoms with Gasteiger partial charge in [0, 0.05) is 22.7 Å². The third-order valence-corrected chi connectivity index (χ3v) is 3.47. The second-order valence-electron chi connectivity index (χ2n) is 5.68. The molecule has 0 unspecified atom stereocenters. The molecule has 3 heteroatoms. The SMILES string of the molecule is CN(C)CC#Cc1ccc2cc(-c3cccc(F)c3)cnc2c1. The molecule has 23 heavy (non-hydrogen) atoms. The molecule has 114 valence electrons. The Bertz CT molecular complexity index is 904.